The van der Waals surface area contributed by atoms with E-state index in [1.54, 1.807) is 12.5 Å². The molecule has 0 aliphatic heterocycles. The van der Waals surface area contributed by atoms with Crippen LogP contribution >= 0.6 is 0 Å². The zero-order valence-electron chi connectivity index (χ0n) is 19.4. The number of phenols is 2. The molecule has 3 rings (SSSR count). The molecule has 0 fully saturated rings. The van der Waals surface area contributed by atoms with E-state index in [0.29, 0.717) is 0 Å². The van der Waals surface area contributed by atoms with Gasteiger partial charge < -0.3 is 15.2 Å². The van der Waals surface area contributed by atoms with Crippen LogP contribution in [0.5, 0.6) is 11.5 Å². The van der Waals surface area contributed by atoms with Crippen LogP contribution in [0, 0.1) is 13.8 Å². The van der Waals surface area contributed by atoms with E-state index in [0.717, 1.165) is 39.1 Å². The summed E-state index contributed by atoms with van der Waals surface area (Å²) >= 11 is 0. The van der Waals surface area contributed by atoms with Gasteiger partial charge in [0.05, 0.1) is 12.2 Å². The van der Waals surface area contributed by atoms with Crippen molar-refractivity contribution in [3.8, 4) is 11.5 Å². The van der Waals surface area contributed by atoms with E-state index < -0.39 is 0 Å². The number of hydrogen-bond donors (Lipinski definition) is 3. The Kier molecular flexibility index (Phi) is 5.48. The molecule has 3 N–H and O–H groups in total. The third-order valence-electron chi connectivity index (χ3n) is 5.84. The molecule has 2 aromatic carbocycles. The summed E-state index contributed by atoms with van der Waals surface area (Å²) in [6.45, 7) is 16.8. The molecule has 160 valence electrons. The van der Waals surface area contributed by atoms with Gasteiger partial charge in [-0.1, -0.05) is 65.8 Å². The van der Waals surface area contributed by atoms with Crippen molar-refractivity contribution < 1.29 is 10.2 Å². The molecule has 0 spiro atoms. The minimum absolute atomic E-state index is 0.0725. The lowest BCUT2D eigenvalue weighted by atomic mass is 9.78. The van der Waals surface area contributed by atoms with E-state index in [4.69, 9.17) is 0 Å². The van der Waals surface area contributed by atoms with Crippen LogP contribution in [0.4, 0.5) is 0 Å². The maximum atomic E-state index is 11.1. The van der Waals surface area contributed by atoms with Gasteiger partial charge in [-0.05, 0) is 46.9 Å². The Hall–Kier alpha value is -2.75. The van der Waals surface area contributed by atoms with Gasteiger partial charge >= 0.3 is 0 Å². The number of imidazole rings is 1. The summed E-state index contributed by atoms with van der Waals surface area (Å²) in [5, 5.41) is 22.2. The van der Waals surface area contributed by atoms with Crippen molar-refractivity contribution in [1.29, 1.82) is 0 Å². The Morgan fingerprint density at radius 1 is 0.767 bits per heavy atom. The van der Waals surface area contributed by atoms with E-state index in [-0.39, 0.29) is 28.2 Å². The van der Waals surface area contributed by atoms with Crippen molar-refractivity contribution in [2.75, 3.05) is 0 Å². The third kappa shape index (κ3) is 4.09. The van der Waals surface area contributed by atoms with Crippen LogP contribution in [0.15, 0.2) is 36.8 Å². The molecule has 0 bridgehead atoms. The number of nitrogens with zero attached hydrogens (tertiary/aromatic N) is 1. The maximum Gasteiger partial charge on any atom is 0.122 e. The van der Waals surface area contributed by atoms with Crippen LogP contribution in [0.3, 0.4) is 0 Å². The van der Waals surface area contributed by atoms with Crippen LogP contribution in [0.25, 0.3) is 0 Å². The molecule has 30 heavy (non-hydrogen) atoms. The van der Waals surface area contributed by atoms with Gasteiger partial charge in [-0.3, -0.25) is 0 Å². The van der Waals surface area contributed by atoms with Gasteiger partial charge in [-0.25, -0.2) is 4.98 Å². The highest BCUT2D eigenvalue weighted by Crippen LogP contribution is 2.44. The molecule has 3 aromatic rings. The fourth-order valence-electron chi connectivity index (χ4n) is 3.85. The van der Waals surface area contributed by atoms with Crippen LogP contribution in [0.1, 0.15) is 86.5 Å². The molecule has 0 aliphatic rings. The molecule has 0 unspecified atom stereocenters. The zero-order chi connectivity index (χ0) is 22.4. The van der Waals surface area contributed by atoms with Crippen molar-refractivity contribution in [3.05, 3.63) is 75.9 Å². The number of aromatic hydroxyl groups is 2. The second kappa shape index (κ2) is 7.50. The van der Waals surface area contributed by atoms with Crippen LogP contribution < -0.4 is 0 Å². The predicted molar refractivity (Wildman–Crippen MR) is 123 cm³/mol. The van der Waals surface area contributed by atoms with Gasteiger partial charge in [0.2, 0.25) is 0 Å². The summed E-state index contributed by atoms with van der Waals surface area (Å²) in [6, 6.07) is 8.21. The zero-order valence-corrected chi connectivity index (χ0v) is 19.4. The van der Waals surface area contributed by atoms with Gasteiger partial charge in [-0.2, -0.15) is 0 Å². The van der Waals surface area contributed by atoms with Crippen molar-refractivity contribution in [2.45, 2.75) is 72.1 Å². The molecule has 0 saturated carbocycles. The third-order valence-corrected chi connectivity index (χ3v) is 5.84. The highest BCUT2D eigenvalue weighted by Gasteiger charge is 2.29. The number of nitrogens with one attached hydrogen (secondary N) is 1. The predicted octanol–water partition coefficient (Wildman–Crippen LogP) is 6.21. The van der Waals surface area contributed by atoms with Crippen molar-refractivity contribution in [2.24, 2.45) is 0 Å². The highest BCUT2D eigenvalue weighted by atomic mass is 16.3. The van der Waals surface area contributed by atoms with E-state index in [1.807, 2.05) is 26.0 Å². The number of phenolic OH excluding ortho intramolecular Hbond substituents is 2. The van der Waals surface area contributed by atoms with Gasteiger partial charge in [-0.15, -0.1) is 0 Å². The summed E-state index contributed by atoms with van der Waals surface area (Å²) in [4.78, 5) is 7.43. The van der Waals surface area contributed by atoms with Gasteiger partial charge in [0.15, 0.2) is 0 Å². The largest absolute Gasteiger partial charge is 0.507 e. The Labute approximate surface area is 180 Å². The summed E-state index contributed by atoms with van der Waals surface area (Å²) in [7, 11) is 0. The Balaban J connectivity index is 2.36. The summed E-state index contributed by atoms with van der Waals surface area (Å²) in [5.41, 5.74) is 6.15. The normalized spacial score (nSPS) is 12.6. The van der Waals surface area contributed by atoms with Gasteiger partial charge in [0, 0.05) is 23.0 Å². The summed E-state index contributed by atoms with van der Waals surface area (Å²) in [6.07, 6.45) is 3.40. The van der Waals surface area contributed by atoms with E-state index in [9.17, 15) is 10.2 Å². The van der Waals surface area contributed by atoms with E-state index in [2.05, 4.69) is 63.6 Å². The average molecular weight is 407 g/mol. The molecule has 0 atom stereocenters. The number of aromatic nitrogens is 2. The van der Waals surface area contributed by atoms with E-state index in [1.165, 1.54) is 0 Å². The van der Waals surface area contributed by atoms with Gasteiger partial charge in [0.1, 0.15) is 11.5 Å². The smallest absolute Gasteiger partial charge is 0.122 e. The molecule has 0 aliphatic carbocycles. The average Bonchev–Trinajstić information content (AvgIpc) is 3.14. The lowest BCUT2D eigenvalue weighted by Crippen LogP contribution is -2.15. The van der Waals surface area contributed by atoms with Crippen molar-refractivity contribution in [3.63, 3.8) is 0 Å². The first kappa shape index (κ1) is 21.9. The molecule has 0 saturated heterocycles. The van der Waals surface area contributed by atoms with Crippen molar-refractivity contribution >= 4 is 0 Å². The quantitative estimate of drug-likeness (QED) is 0.484. The molecule has 0 amide bonds. The Morgan fingerprint density at radius 3 is 1.53 bits per heavy atom. The molecule has 4 nitrogen and oxygen atoms in total. The Bertz CT molecular complexity index is 983. The van der Waals surface area contributed by atoms with E-state index >= 15 is 0 Å². The molecule has 1 aromatic heterocycles. The van der Waals surface area contributed by atoms with Crippen LogP contribution in [0.2, 0.25) is 0 Å². The Morgan fingerprint density at radius 2 is 1.20 bits per heavy atom. The number of aryl methyl sites for hydroxylation is 2. The molecular weight excluding hydrogens is 372 g/mol. The summed E-state index contributed by atoms with van der Waals surface area (Å²) in [5.74, 6) is 0.135. The SMILES string of the molecule is Cc1cc(C(C)(C)C)cc(C(c2cnc[nH]2)c2cc(C(C)(C)C)cc(C)c2O)c1O. The van der Waals surface area contributed by atoms with Crippen LogP contribution in [-0.4, -0.2) is 20.2 Å². The second-order valence-corrected chi connectivity index (χ2v) is 10.4. The molecule has 4 heteroatoms. The number of hydrogen-bond acceptors (Lipinski definition) is 3. The monoisotopic (exact) mass is 406 g/mol. The number of rotatable bonds is 3. The summed E-state index contributed by atoms with van der Waals surface area (Å²) < 4.78 is 0. The minimum atomic E-state index is -0.366. The second-order valence-electron chi connectivity index (χ2n) is 10.4. The molecular formula is C26H34N2O2. The van der Waals surface area contributed by atoms with Gasteiger partial charge in [0.25, 0.3) is 0 Å². The van der Waals surface area contributed by atoms with Crippen molar-refractivity contribution in [1.82, 2.24) is 9.97 Å². The minimum Gasteiger partial charge on any atom is -0.507 e. The number of aromatic amines is 1. The number of benzene rings is 2. The molecule has 1 heterocycles. The lowest BCUT2D eigenvalue weighted by Gasteiger charge is -2.27. The first-order valence-corrected chi connectivity index (χ1v) is 10.5. The standard InChI is InChI=1S/C26H34N2O2/c1-15-9-17(25(3,4)5)11-19(23(15)29)22(21-13-27-14-28-21)20-12-18(26(6,7)8)10-16(2)24(20)30/h9-14,22,29-30H,1-8H3,(H,27,28). The maximum absolute atomic E-state index is 11.1. The number of H-pyrrole nitrogens is 1. The fourth-order valence-corrected chi connectivity index (χ4v) is 3.85. The fraction of sp³-hybridized carbons (Fsp3) is 0.423. The van der Waals surface area contributed by atoms with Crippen LogP contribution in [-0.2, 0) is 10.8 Å². The highest BCUT2D eigenvalue weighted by molar-refractivity contribution is 5.57. The first-order chi connectivity index (χ1) is 13.8. The topological polar surface area (TPSA) is 69.1 Å². The molecule has 0 radical (unpaired) electrons. The lowest BCUT2D eigenvalue weighted by molar-refractivity contribution is 0.451. The first-order valence-electron chi connectivity index (χ1n) is 10.5.